The predicted octanol–water partition coefficient (Wildman–Crippen LogP) is 4.35. The lowest BCUT2D eigenvalue weighted by Crippen LogP contribution is -2.58. The van der Waals surface area contributed by atoms with Crippen molar-refractivity contribution in [1.29, 1.82) is 0 Å². The molecule has 0 aromatic rings. The minimum Gasteiger partial charge on any atom is -0.465 e. The number of carbonyl (C=O) groups excluding carboxylic acids is 3. The Morgan fingerprint density at radius 3 is 2.10 bits per heavy atom. The number of carbonyl (C=O) groups is 3. The highest BCUT2D eigenvalue weighted by Gasteiger charge is 2.62. The third-order valence-electron chi connectivity index (χ3n) is 11.8. The molecule has 0 bridgehead atoms. The lowest BCUT2D eigenvalue weighted by molar-refractivity contribution is -0.174. The summed E-state index contributed by atoms with van der Waals surface area (Å²) in [5.74, 6) is 1.25. The minimum absolute atomic E-state index is 0.136. The zero-order valence-corrected chi connectivity index (χ0v) is 25.4. The van der Waals surface area contributed by atoms with E-state index in [1.54, 1.807) is 13.8 Å². The van der Waals surface area contributed by atoms with Gasteiger partial charge in [0.2, 0.25) is 5.91 Å². The van der Waals surface area contributed by atoms with Crippen molar-refractivity contribution in [2.75, 3.05) is 26.3 Å². The highest BCUT2D eigenvalue weighted by Crippen LogP contribution is 2.68. The average Bonchev–Trinajstić information content (AvgIpc) is 3.25. The van der Waals surface area contributed by atoms with Crippen LogP contribution in [0.2, 0.25) is 0 Å². The van der Waals surface area contributed by atoms with Crippen molar-refractivity contribution in [3.63, 3.8) is 0 Å². The predicted molar refractivity (Wildman–Crippen MR) is 151 cm³/mol. The Labute approximate surface area is 240 Å². The zero-order valence-electron chi connectivity index (χ0n) is 25.4. The minimum atomic E-state index is -0.523. The number of hydrogen-bond donors (Lipinski definition) is 2. The number of nitrogens with zero attached hydrogens (tertiary/aromatic N) is 1. The van der Waals surface area contributed by atoms with Crippen LogP contribution in [0.4, 0.5) is 0 Å². The first-order chi connectivity index (χ1) is 18.9. The molecule has 8 nitrogen and oxygen atoms in total. The van der Waals surface area contributed by atoms with E-state index < -0.39 is 11.9 Å². The molecule has 4 saturated carbocycles. The largest absolute Gasteiger partial charge is 0.465 e. The summed E-state index contributed by atoms with van der Waals surface area (Å²) < 4.78 is 10.0. The van der Waals surface area contributed by atoms with Crippen LogP contribution in [0, 0.1) is 46.3 Å². The highest BCUT2D eigenvalue weighted by atomic mass is 16.5. The van der Waals surface area contributed by atoms with E-state index in [0.29, 0.717) is 41.9 Å². The maximum Gasteiger partial charge on any atom is 0.325 e. The van der Waals surface area contributed by atoms with Crippen molar-refractivity contribution in [1.82, 2.24) is 4.90 Å². The fourth-order valence-electron chi connectivity index (χ4n) is 9.84. The quantitative estimate of drug-likeness (QED) is 0.380. The van der Waals surface area contributed by atoms with Crippen molar-refractivity contribution in [2.45, 2.75) is 111 Å². The first-order valence-corrected chi connectivity index (χ1v) is 15.9. The van der Waals surface area contributed by atoms with Crippen molar-refractivity contribution in [3.8, 4) is 0 Å². The summed E-state index contributed by atoms with van der Waals surface area (Å²) in [4.78, 5) is 38.7. The van der Waals surface area contributed by atoms with Crippen LogP contribution in [0.5, 0.6) is 0 Å². The number of ether oxygens (including phenoxy) is 2. The van der Waals surface area contributed by atoms with Gasteiger partial charge in [0, 0.05) is 6.42 Å². The van der Waals surface area contributed by atoms with Gasteiger partial charge < -0.3 is 24.6 Å². The van der Waals surface area contributed by atoms with Crippen molar-refractivity contribution >= 4 is 17.8 Å². The van der Waals surface area contributed by atoms with E-state index in [4.69, 9.17) is 9.47 Å². The first-order valence-electron chi connectivity index (χ1n) is 15.9. The van der Waals surface area contributed by atoms with Crippen molar-refractivity contribution < 1.29 is 34.1 Å². The molecule has 10 atom stereocenters. The van der Waals surface area contributed by atoms with Crippen LogP contribution in [0.15, 0.2) is 0 Å². The molecule has 0 spiro atoms. The Bertz CT molecular complexity index is 905. The van der Waals surface area contributed by atoms with Gasteiger partial charge in [-0.2, -0.15) is 0 Å². The fourth-order valence-corrected chi connectivity index (χ4v) is 9.84. The molecule has 0 aliphatic heterocycles. The molecule has 4 aliphatic carbocycles. The molecule has 0 aromatic carbocycles. The standard InChI is InChI=1S/C32H53NO7/c1-6-39-28(37)18-33(19-29(38)40-7-2)27(36)11-8-20(3)23-9-10-24-30-25(13-15-32(23,24)5)31(4)14-12-22(34)16-21(31)17-26(30)35/h20-26,30,34-35H,6-19H2,1-5H3/t20-,21+,22-,23-,24+,25+,26+,30+,31+,32-/m1/s1. The number of esters is 2. The molecule has 8 heteroatoms. The number of fused-ring (bicyclic) bond motifs is 5. The van der Waals surface area contributed by atoms with Crippen LogP contribution in [-0.4, -0.2) is 71.5 Å². The topological polar surface area (TPSA) is 113 Å². The van der Waals surface area contributed by atoms with E-state index in [2.05, 4.69) is 20.8 Å². The summed E-state index contributed by atoms with van der Waals surface area (Å²) in [5.41, 5.74) is 0.347. The van der Waals surface area contributed by atoms with E-state index in [1.807, 2.05) is 0 Å². The maximum atomic E-state index is 13.2. The van der Waals surface area contributed by atoms with E-state index >= 15 is 0 Å². The third kappa shape index (κ3) is 6.08. The monoisotopic (exact) mass is 563 g/mol. The smallest absolute Gasteiger partial charge is 0.325 e. The van der Waals surface area contributed by atoms with Crippen LogP contribution in [-0.2, 0) is 23.9 Å². The lowest BCUT2D eigenvalue weighted by Gasteiger charge is -2.62. The van der Waals surface area contributed by atoms with Gasteiger partial charge in [0.25, 0.3) is 0 Å². The van der Waals surface area contributed by atoms with Gasteiger partial charge in [-0.3, -0.25) is 14.4 Å². The van der Waals surface area contributed by atoms with Crippen LogP contribution in [0.1, 0.15) is 98.8 Å². The summed E-state index contributed by atoms with van der Waals surface area (Å²) in [7, 11) is 0. The molecule has 0 radical (unpaired) electrons. The molecule has 1 amide bonds. The Kier molecular flexibility index (Phi) is 9.91. The fraction of sp³-hybridized carbons (Fsp3) is 0.906. The molecule has 228 valence electrons. The van der Waals surface area contributed by atoms with Gasteiger partial charge in [-0.05, 0) is 118 Å². The Morgan fingerprint density at radius 2 is 1.48 bits per heavy atom. The van der Waals surface area contributed by atoms with Crippen LogP contribution >= 0.6 is 0 Å². The molecule has 4 rings (SSSR count). The Hall–Kier alpha value is -1.67. The first kappa shape index (κ1) is 31.3. The molecule has 4 aliphatic rings. The van der Waals surface area contributed by atoms with E-state index in [0.717, 1.165) is 51.4 Å². The van der Waals surface area contributed by atoms with E-state index in [1.165, 1.54) is 4.90 Å². The molecule has 4 fully saturated rings. The molecule has 0 saturated heterocycles. The van der Waals surface area contributed by atoms with E-state index in [9.17, 15) is 24.6 Å². The summed E-state index contributed by atoms with van der Waals surface area (Å²) in [6.45, 7) is 10.5. The zero-order chi connectivity index (χ0) is 29.2. The summed E-state index contributed by atoms with van der Waals surface area (Å²) in [6.07, 6.45) is 8.55. The van der Waals surface area contributed by atoms with Gasteiger partial charge in [0.1, 0.15) is 13.1 Å². The number of amides is 1. The lowest BCUT2D eigenvalue weighted by atomic mass is 9.43. The van der Waals surface area contributed by atoms with Crippen LogP contribution in [0.3, 0.4) is 0 Å². The average molecular weight is 564 g/mol. The van der Waals surface area contributed by atoms with Gasteiger partial charge in [0.15, 0.2) is 0 Å². The van der Waals surface area contributed by atoms with Crippen LogP contribution < -0.4 is 0 Å². The second-order valence-corrected chi connectivity index (χ2v) is 13.8. The highest BCUT2D eigenvalue weighted by molar-refractivity contribution is 5.86. The van der Waals surface area contributed by atoms with Crippen LogP contribution in [0.25, 0.3) is 0 Å². The maximum absolute atomic E-state index is 13.2. The molecular formula is C32H53NO7. The van der Waals surface area contributed by atoms with Gasteiger partial charge in [-0.1, -0.05) is 20.8 Å². The molecule has 2 N–H and O–H groups in total. The molecule has 0 heterocycles. The van der Waals surface area contributed by atoms with Gasteiger partial charge in [-0.25, -0.2) is 0 Å². The molecule has 40 heavy (non-hydrogen) atoms. The van der Waals surface area contributed by atoms with Gasteiger partial charge in [0.05, 0.1) is 25.4 Å². The van der Waals surface area contributed by atoms with Gasteiger partial charge in [-0.15, -0.1) is 0 Å². The second-order valence-electron chi connectivity index (χ2n) is 13.8. The third-order valence-corrected chi connectivity index (χ3v) is 11.8. The second kappa shape index (κ2) is 12.7. The van der Waals surface area contributed by atoms with E-state index in [-0.39, 0.29) is 61.7 Å². The number of hydrogen-bond acceptors (Lipinski definition) is 7. The number of aliphatic hydroxyl groups is 2. The number of aliphatic hydroxyl groups excluding tert-OH is 2. The number of rotatable bonds is 10. The molecule has 0 aromatic heterocycles. The summed E-state index contributed by atoms with van der Waals surface area (Å²) in [6, 6.07) is 0. The molecule has 0 unspecified atom stereocenters. The summed E-state index contributed by atoms with van der Waals surface area (Å²) in [5, 5.41) is 21.8. The SMILES string of the molecule is CCOC(=O)CN(CC(=O)OCC)C(=O)CC[C@@H](C)[C@H]1CC[C@H]2[C@@H]3[C@@H](O)C[C@@H]4C[C@H](O)CC[C@]4(C)[C@H]3CC[C@]12C. The Morgan fingerprint density at radius 1 is 0.875 bits per heavy atom. The van der Waals surface area contributed by atoms with Crippen molar-refractivity contribution in [2.24, 2.45) is 46.3 Å². The van der Waals surface area contributed by atoms with Gasteiger partial charge >= 0.3 is 11.9 Å². The summed E-state index contributed by atoms with van der Waals surface area (Å²) >= 11 is 0. The normalized spacial score (nSPS) is 39.3. The Balaban J connectivity index is 1.40. The van der Waals surface area contributed by atoms with Crippen molar-refractivity contribution in [3.05, 3.63) is 0 Å². The molecular weight excluding hydrogens is 510 g/mol.